The van der Waals surface area contributed by atoms with Crippen molar-refractivity contribution in [2.75, 3.05) is 13.7 Å². The molecule has 1 aliphatic carbocycles. The van der Waals surface area contributed by atoms with Gasteiger partial charge < -0.3 is 20.5 Å². The van der Waals surface area contributed by atoms with Crippen LogP contribution in [0.4, 0.5) is 0 Å². The molecule has 0 radical (unpaired) electrons. The number of benzene rings is 3. The summed E-state index contributed by atoms with van der Waals surface area (Å²) in [6, 6.07) is 17.6. The van der Waals surface area contributed by atoms with Crippen LogP contribution in [0.15, 0.2) is 54.6 Å². The SMILES string of the molecule is COc1cccc(-c2cc(C(N)=O)c3c(c2)-c2ccc(C(=O)C4O[C@@H]5CN[C@H]4C5)cc2C3)c1. The van der Waals surface area contributed by atoms with Crippen LogP contribution in [0.3, 0.4) is 0 Å². The Morgan fingerprint density at radius 1 is 1.06 bits per heavy atom. The maximum atomic E-state index is 13.1. The standard InChI is InChI=1S/C27H24N2O4/c1-32-18-4-2-3-14(8-18)16-9-21-20-6-5-15(25(30)26-24-12-19(33-26)13-29-24)7-17(20)11-22(21)23(10-16)27(28)31/h2-10,19,24,26,29H,11-13H2,1H3,(H2,28,31)/t19-,24-,26?/m0/s1. The molecule has 33 heavy (non-hydrogen) atoms. The van der Waals surface area contributed by atoms with Crippen molar-refractivity contribution in [3.05, 3.63) is 76.9 Å². The quantitative estimate of drug-likeness (QED) is 0.465. The predicted octanol–water partition coefficient (Wildman–Crippen LogP) is 3.34. The number of rotatable bonds is 5. The number of methoxy groups -OCH3 is 1. The van der Waals surface area contributed by atoms with E-state index in [-0.39, 0.29) is 17.9 Å². The Morgan fingerprint density at radius 2 is 1.94 bits per heavy atom. The first kappa shape index (κ1) is 20.1. The van der Waals surface area contributed by atoms with Gasteiger partial charge in [-0.25, -0.2) is 0 Å². The van der Waals surface area contributed by atoms with Gasteiger partial charge in [-0.2, -0.15) is 0 Å². The topological polar surface area (TPSA) is 90.7 Å². The van der Waals surface area contributed by atoms with Gasteiger partial charge in [-0.05, 0) is 76.6 Å². The van der Waals surface area contributed by atoms with Crippen molar-refractivity contribution in [1.82, 2.24) is 5.32 Å². The van der Waals surface area contributed by atoms with E-state index in [1.165, 1.54) is 0 Å². The zero-order valence-electron chi connectivity index (χ0n) is 18.3. The molecule has 3 aromatic rings. The van der Waals surface area contributed by atoms with E-state index in [1.807, 2.05) is 48.5 Å². The van der Waals surface area contributed by atoms with E-state index in [1.54, 1.807) is 7.11 Å². The second-order valence-electron chi connectivity index (χ2n) is 8.99. The average molecular weight is 440 g/mol. The van der Waals surface area contributed by atoms with E-state index in [4.69, 9.17) is 15.2 Å². The van der Waals surface area contributed by atoms with Crippen molar-refractivity contribution >= 4 is 11.7 Å². The molecule has 1 unspecified atom stereocenters. The predicted molar refractivity (Wildman–Crippen MR) is 125 cm³/mol. The second-order valence-corrected chi connectivity index (χ2v) is 8.99. The van der Waals surface area contributed by atoms with Gasteiger partial charge in [0.1, 0.15) is 11.9 Å². The summed E-state index contributed by atoms with van der Waals surface area (Å²) in [5, 5.41) is 3.37. The van der Waals surface area contributed by atoms with Crippen molar-refractivity contribution < 1.29 is 19.1 Å². The number of carbonyl (C=O) groups is 2. The highest BCUT2D eigenvalue weighted by molar-refractivity contribution is 6.03. The smallest absolute Gasteiger partial charge is 0.249 e. The number of fused-ring (bicyclic) bond motifs is 5. The largest absolute Gasteiger partial charge is 0.497 e. The Balaban J connectivity index is 1.40. The minimum Gasteiger partial charge on any atom is -0.497 e. The minimum atomic E-state index is -0.457. The lowest BCUT2D eigenvalue weighted by Gasteiger charge is -2.22. The first-order valence-corrected chi connectivity index (χ1v) is 11.2. The van der Waals surface area contributed by atoms with Gasteiger partial charge in [0, 0.05) is 23.7 Å². The lowest BCUT2D eigenvalue weighted by Crippen LogP contribution is -2.44. The van der Waals surface area contributed by atoms with Crippen LogP contribution in [-0.4, -0.2) is 43.6 Å². The first-order chi connectivity index (χ1) is 16.0. The summed E-state index contributed by atoms with van der Waals surface area (Å²) in [5.41, 5.74) is 12.7. The van der Waals surface area contributed by atoms with Crippen LogP contribution in [0.25, 0.3) is 22.3 Å². The zero-order chi connectivity index (χ0) is 22.7. The molecular formula is C27H24N2O4. The molecule has 3 aliphatic rings. The molecule has 2 fully saturated rings. The van der Waals surface area contributed by atoms with Crippen LogP contribution in [-0.2, 0) is 11.2 Å². The number of morpholine rings is 1. The summed E-state index contributed by atoms with van der Waals surface area (Å²) >= 11 is 0. The summed E-state index contributed by atoms with van der Waals surface area (Å²) in [6.07, 6.45) is 1.17. The van der Waals surface area contributed by atoms with Crippen molar-refractivity contribution in [3.8, 4) is 28.0 Å². The number of carbonyl (C=O) groups excluding carboxylic acids is 2. The number of ether oxygens (including phenoxy) is 2. The van der Waals surface area contributed by atoms with Gasteiger partial charge in [-0.15, -0.1) is 0 Å². The van der Waals surface area contributed by atoms with Gasteiger partial charge in [0.25, 0.3) is 0 Å². The van der Waals surface area contributed by atoms with Crippen LogP contribution in [0.1, 0.15) is 38.3 Å². The molecule has 3 atom stereocenters. The van der Waals surface area contributed by atoms with E-state index in [9.17, 15) is 9.59 Å². The second kappa shape index (κ2) is 7.54. The van der Waals surface area contributed by atoms with Crippen molar-refractivity contribution in [3.63, 3.8) is 0 Å². The molecule has 2 bridgehead atoms. The number of nitrogens with one attached hydrogen (secondary N) is 1. The summed E-state index contributed by atoms with van der Waals surface area (Å²) in [4.78, 5) is 25.5. The lowest BCUT2D eigenvalue weighted by molar-refractivity contribution is 0.0192. The first-order valence-electron chi connectivity index (χ1n) is 11.2. The molecular weight excluding hydrogens is 416 g/mol. The van der Waals surface area contributed by atoms with Gasteiger partial charge in [-0.1, -0.05) is 24.3 Å². The van der Waals surface area contributed by atoms with E-state index < -0.39 is 12.0 Å². The van der Waals surface area contributed by atoms with E-state index >= 15 is 0 Å². The average Bonchev–Trinajstić information content (AvgIpc) is 3.56. The monoisotopic (exact) mass is 440 g/mol. The van der Waals surface area contributed by atoms with E-state index in [0.29, 0.717) is 17.5 Å². The molecule has 3 N–H and O–H groups in total. The molecule has 2 aliphatic heterocycles. The van der Waals surface area contributed by atoms with Gasteiger partial charge in [0.05, 0.1) is 13.2 Å². The summed E-state index contributed by atoms with van der Waals surface area (Å²) < 4.78 is 11.3. The Labute approximate surface area is 191 Å². The van der Waals surface area contributed by atoms with Crippen molar-refractivity contribution in [1.29, 1.82) is 0 Å². The molecule has 1 amide bonds. The fourth-order valence-electron chi connectivity index (χ4n) is 5.42. The molecule has 6 nitrogen and oxygen atoms in total. The van der Waals surface area contributed by atoms with Crippen molar-refractivity contribution in [2.45, 2.75) is 31.1 Å². The fraction of sp³-hybridized carbons (Fsp3) is 0.259. The highest BCUT2D eigenvalue weighted by atomic mass is 16.5. The third-order valence-electron chi connectivity index (χ3n) is 7.05. The number of nitrogens with two attached hydrogens (primary N) is 1. The van der Waals surface area contributed by atoms with Crippen molar-refractivity contribution in [2.24, 2.45) is 5.73 Å². The Bertz CT molecular complexity index is 1320. The molecule has 0 spiro atoms. The Hall–Kier alpha value is -3.48. The van der Waals surface area contributed by atoms with Gasteiger partial charge in [-0.3, -0.25) is 9.59 Å². The van der Waals surface area contributed by atoms with Crippen LogP contribution in [0.5, 0.6) is 5.75 Å². The number of hydrogen-bond acceptors (Lipinski definition) is 5. The summed E-state index contributed by atoms with van der Waals surface area (Å²) in [5.74, 6) is 0.303. The van der Waals surface area contributed by atoms with E-state index in [2.05, 4.69) is 11.4 Å². The number of hydrogen-bond donors (Lipinski definition) is 2. The number of amides is 1. The molecule has 3 aromatic carbocycles. The summed E-state index contributed by atoms with van der Waals surface area (Å²) in [7, 11) is 1.63. The highest BCUT2D eigenvalue weighted by Gasteiger charge is 2.44. The molecule has 6 heteroatoms. The maximum absolute atomic E-state index is 13.1. The van der Waals surface area contributed by atoms with Crippen LogP contribution < -0.4 is 15.8 Å². The Kier molecular flexibility index (Phi) is 4.60. The Morgan fingerprint density at radius 3 is 2.67 bits per heavy atom. The summed E-state index contributed by atoms with van der Waals surface area (Å²) in [6.45, 7) is 0.819. The van der Waals surface area contributed by atoms with E-state index in [0.717, 1.165) is 52.1 Å². The third kappa shape index (κ3) is 3.25. The molecule has 6 rings (SSSR count). The maximum Gasteiger partial charge on any atom is 0.249 e. The van der Waals surface area contributed by atoms with Gasteiger partial charge in [0.15, 0.2) is 5.78 Å². The molecule has 0 aromatic heterocycles. The minimum absolute atomic E-state index is 0.0145. The third-order valence-corrected chi connectivity index (χ3v) is 7.05. The number of primary amides is 1. The van der Waals surface area contributed by atoms with Gasteiger partial charge >= 0.3 is 0 Å². The highest BCUT2D eigenvalue weighted by Crippen LogP contribution is 2.42. The molecule has 166 valence electrons. The zero-order valence-corrected chi connectivity index (χ0v) is 18.3. The number of ketones is 1. The molecule has 0 saturated carbocycles. The fourth-order valence-corrected chi connectivity index (χ4v) is 5.42. The van der Waals surface area contributed by atoms with Crippen LogP contribution >= 0.6 is 0 Å². The van der Waals surface area contributed by atoms with Crippen LogP contribution in [0.2, 0.25) is 0 Å². The van der Waals surface area contributed by atoms with Gasteiger partial charge in [0.2, 0.25) is 5.91 Å². The van der Waals surface area contributed by atoms with Crippen LogP contribution in [0, 0.1) is 0 Å². The number of Topliss-reactive ketones (excluding diaryl/α,β-unsaturated/α-hetero) is 1. The molecule has 2 heterocycles. The normalized spacial score (nSPS) is 22.2. The molecule has 2 saturated heterocycles. The lowest BCUT2D eigenvalue weighted by atomic mass is 9.93.